The fourth-order valence-corrected chi connectivity index (χ4v) is 2.30. The molecule has 1 fully saturated rings. The van der Waals surface area contributed by atoms with Crippen LogP contribution in [0.5, 0.6) is 0 Å². The van der Waals surface area contributed by atoms with E-state index in [-0.39, 0.29) is 11.5 Å². The molecule has 2 rings (SSSR count). The third kappa shape index (κ3) is 2.07. The first-order chi connectivity index (χ1) is 7.94. The van der Waals surface area contributed by atoms with Gasteiger partial charge in [0, 0.05) is 12.5 Å². The standard InChI is InChI=1S/C13H16F2O2/c1-8-3-4-10(14)11(12(8)15)13(2,16)9-5-6-17-7-9/h3-4,9,16H,5-7H2,1-2H3. The van der Waals surface area contributed by atoms with Gasteiger partial charge in [0.1, 0.15) is 11.6 Å². The highest BCUT2D eigenvalue weighted by atomic mass is 19.1. The molecule has 1 aliphatic rings. The molecule has 94 valence electrons. The molecule has 1 saturated heterocycles. The van der Waals surface area contributed by atoms with Crippen LogP contribution >= 0.6 is 0 Å². The van der Waals surface area contributed by atoms with E-state index in [0.717, 1.165) is 0 Å². The van der Waals surface area contributed by atoms with Crippen molar-refractivity contribution >= 4 is 0 Å². The maximum atomic E-state index is 14.0. The molecule has 0 aromatic heterocycles. The normalized spacial score (nSPS) is 23.7. The van der Waals surface area contributed by atoms with Crippen LogP contribution in [0.15, 0.2) is 12.1 Å². The van der Waals surface area contributed by atoms with Gasteiger partial charge in [-0.1, -0.05) is 6.07 Å². The first kappa shape index (κ1) is 12.5. The van der Waals surface area contributed by atoms with Crippen LogP contribution in [-0.4, -0.2) is 18.3 Å². The molecule has 2 unspecified atom stereocenters. The summed E-state index contributed by atoms with van der Waals surface area (Å²) in [5.41, 5.74) is -1.44. The summed E-state index contributed by atoms with van der Waals surface area (Å²) in [6, 6.07) is 2.56. The Kier molecular flexibility index (Phi) is 3.19. The molecule has 1 N–H and O–H groups in total. The Morgan fingerprint density at radius 1 is 1.41 bits per heavy atom. The van der Waals surface area contributed by atoms with Gasteiger partial charge in [-0.05, 0) is 31.9 Å². The van der Waals surface area contributed by atoms with E-state index in [1.54, 1.807) is 6.92 Å². The molecule has 1 aromatic carbocycles. The summed E-state index contributed by atoms with van der Waals surface area (Å²) in [7, 11) is 0. The van der Waals surface area contributed by atoms with Gasteiger partial charge in [0.05, 0.1) is 17.8 Å². The zero-order valence-electron chi connectivity index (χ0n) is 9.96. The van der Waals surface area contributed by atoms with Gasteiger partial charge < -0.3 is 9.84 Å². The fourth-order valence-electron chi connectivity index (χ4n) is 2.30. The molecule has 0 saturated carbocycles. The third-order valence-corrected chi connectivity index (χ3v) is 3.51. The lowest BCUT2D eigenvalue weighted by Crippen LogP contribution is -2.34. The topological polar surface area (TPSA) is 29.5 Å². The van der Waals surface area contributed by atoms with E-state index in [9.17, 15) is 13.9 Å². The Balaban J connectivity index is 2.48. The number of hydrogen-bond acceptors (Lipinski definition) is 2. The summed E-state index contributed by atoms with van der Waals surface area (Å²) in [5, 5.41) is 10.4. The smallest absolute Gasteiger partial charge is 0.135 e. The molecule has 1 aromatic rings. The van der Waals surface area contributed by atoms with E-state index in [2.05, 4.69) is 0 Å². The minimum atomic E-state index is -1.53. The summed E-state index contributed by atoms with van der Waals surface area (Å²) in [5.74, 6) is -1.64. The largest absolute Gasteiger partial charge is 0.385 e. The van der Waals surface area contributed by atoms with Crippen LogP contribution in [-0.2, 0) is 10.3 Å². The SMILES string of the molecule is Cc1ccc(F)c(C(C)(O)C2CCOC2)c1F. The lowest BCUT2D eigenvalue weighted by atomic mass is 9.81. The molecule has 0 bridgehead atoms. The minimum Gasteiger partial charge on any atom is -0.385 e. The van der Waals surface area contributed by atoms with E-state index < -0.39 is 17.2 Å². The molecule has 4 heteroatoms. The monoisotopic (exact) mass is 242 g/mol. The second-order valence-electron chi connectivity index (χ2n) is 4.76. The van der Waals surface area contributed by atoms with Gasteiger partial charge in [-0.15, -0.1) is 0 Å². The Hall–Kier alpha value is -1.00. The van der Waals surface area contributed by atoms with Crippen molar-refractivity contribution in [2.24, 2.45) is 5.92 Å². The molecule has 0 radical (unpaired) electrons. The van der Waals surface area contributed by atoms with Crippen LogP contribution in [0.4, 0.5) is 8.78 Å². The Morgan fingerprint density at radius 3 is 2.71 bits per heavy atom. The maximum Gasteiger partial charge on any atom is 0.135 e. The van der Waals surface area contributed by atoms with Crippen LogP contribution in [0.3, 0.4) is 0 Å². The van der Waals surface area contributed by atoms with Crippen molar-refractivity contribution in [1.82, 2.24) is 0 Å². The quantitative estimate of drug-likeness (QED) is 0.863. The van der Waals surface area contributed by atoms with Crippen molar-refractivity contribution in [3.8, 4) is 0 Å². The van der Waals surface area contributed by atoms with Crippen LogP contribution in [0.2, 0.25) is 0 Å². The van der Waals surface area contributed by atoms with Gasteiger partial charge in [-0.25, -0.2) is 8.78 Å². The predicted octanol–water partition coefficient (Wildman–Crippen LogP) is 2.52. The zero-order chi connectivity index (χ0) is 12.6. The average molecular weight is 242 g/mol. The van der Waals surface area contributed by atoms with Gasteiger partial charge >= 0.3 is 0 Å². The summed E-state index contributed by atoms with van der Waals surface area (Å²) in [4.78, 5) is 0. The number of ether oxygens (including phenoxy) is 1. The third-order valence-electron chi connectivity index (χ3n) is 3.51. The summed E-state index contributed by atoms with van der Waals surface area (Å²) >= 11 is 0. The van der Waals surface area contributed by atoms with Crippen LogP contribution in [0.25, 0.3) is 0 Å². The molecule has 2 atom stereocenters. The predicted molar refractivity (Wildman–Crippen MR) is 59.6 cm³/mol. The number of halogens is 2. The number of aliphatic hydroxyl groups is 1. The molecule has 2 nitrogen and oxygen atoms in total. The zero-order valence-corrected chi connectivity index (χ0v) is 9.96. The van der Waals surface area contributed by atoms with Crippen molar-refractivity contribution in [3.63, 3.8) is 0 Å². The Bertz CT molecular complexity index is 424. The molecular formula is C13H16F2O2. The van der Waals surface area contributed by atoms with Gasteiger partial charge in [0.2, 0.25) is 0 Å². The van der Waals surface area contributed by atoms with Crippen molar-refractivity contribution in [2.45, 2.75) is 25.9 Å². The number of hydrogen-bond donors (Lipinski definition) is 1. The number of aryl methyl sites for hydroxylation is 1. The van der Waals surface area contributed by atoms with Crippen molar-refractivity contribution in [3.05, 3.63) is 34.9 Å². The number of rotatable bonds is 2. The Labute approximate surface area is 99.2 Å². The summed E-state index contributed by atoms with van der Waals surface area (Å²) in [6.45, 7) is 3.86. The van der Waals surface area contributed by atoms with Crippen LogP contribution in [0, 0.1) is 24.5 Å². The first-order valence-corrected chi connectivity index (χ1v) is 5.69. The average Bonchev–Trinajstić information content (AvgIpc) is 2.77. The van der Waals surface area contributed by atoms with E-state index in [0.29, 0.717) is 25.2 Å². The van der Waals surface area contributed by atoms with Crippen LogP contribution < -0.4 is 0 Å². The van der Waals surface area contributed by atoms with Gasteiger partial charge in [0.15, 0.2) is 0 Å². The Morgan fingerprint density at radius 2 is 2.12 bits per heavy atom. The van der Waals surface area contributed by atoms with Crippen LogP contribution in [0.1, 0.15) is 24.5 Å². The number of benzene rings is 1. The molecule has 17 heavy (non-hydrogen) atoms. The van der Waals surface area contributed by atoms with E-state index in [1.165, 1.54) is 19.1 Å². The second-order valence-corrected chi connectivity index (χ2v) is 4.76. The second kappa shape index (κ2) is 4.35. The van der Waals surface area contributed by atoms with E-state index in [1.807, 2.05) is 0 Å². The van der Waals surface area contributed by atoms with Crippen molar-refractivity contribution < 1.29 is 18.6 Å². The lowest BCUT2D eigenvalue weighted by molar-refractivity contribution is -0.0157. The highest BCUT2D eigenvalue weighted by Gasteiger charge is 2.40. The molecule has 0 spiro atoms. The fraction of sp³-hybridized carbons (Fsp3) is 0.538. The maximum absolute atomic E-state index is 14.0. The highest BCUT2D eigenvalue weighted by molar-refractivity contribution is 5.31. The van der Waals surface area contributed by atoms with E-state index in [4.69, 9.17) is 4.74 Å². The van der Waals surface area contributed by atoms with Gasteiger partial charge in [-0.2, -0.15) is 0 Å². The van der Waals surface area contributed by atoms with E-state index >= 15 is 0 Å². The molecule has 1 heterocycles. The molecule has 0 amide bonds. The minimum absolute atomic E-state index is 0.243. The highest BCUT2D eigenvalue weighted by Crippen LogP contribution is 2.37. The summed E-state index contributed by atoms with van der Waals surface area (Å²) in [6.07, 6.45) is 0.611. The first-order valence-electron chi connectivity index (χ1n) is 5.69. The van der Waals surface area contributed by atoms with Gasteiger partial charge in [0.25, 0.3) is 0 Å². The van der Waals surface area contributed by atoms with Crippen molar-refractivity contribution in [1.29, 1.82) is 0 Å². The molecule has 1 aliphatic heterocycles. The molecule has 0 aliphatic carbocycles. The van der Waals surface area contributed by atoms with Crippen molar-refractivity contribution in [2.75, 3.05) is 13.2 Å². The van der Waals surface area contributed by atoms with Gasteiger partial charge in [-0.3, -0.25) is 0 Å². The molecular weight excluding hydrogens is 226 g/mol. The summed E-state index contributed by atoms with van der Waals surface area (Å²) < 4.78 is 32.9. The lowest BCUT2D eigenvalue weighted by Gasteiger charge is -2.30.